The summed E-state index contributed by atoms with van der Waals surface area (Å²) in [6, 6.07) is 16.8. The van der Waals surface area contributed by atoms with E-state index in [2.05, 4.69) is 9.82 Å². The lowest BCUT2D eigenvalue weighted by atomic mass is 9.91. The third kappa shape index (κ3) is 5.54. The number of hydrogen-bond acceptors (Lipinski definition) is 4. The van der Waals surface area contributed by atoms with Gasteiger partial charge in [-0.05, 0) is 48.3 Å². The number of nitrogens with one attached hydrogen (secondary N) is 1. The second kappa shape index (κ2) is 9.80. The van der Waals surface area contributed by atoms with Gasteiger partial charge < -0.3 is 0 Å². The quantitative estimate of drug-likeness (QED) is 0.590. The molecule has 2 aliphatic rings. The maximum absolute atomic E-state index is 12.9. The van der Waals surface area contributed by atoms with Crippen molar-refractivity contribution >= 4 is 44.9 Å². The molecule has 0 saturated carbocycles. The first-order valence-corrected chi connectivity index (χ1v) is 12.8. The number of benzene rings is 2. The van der Waals surface area contributed by atoms with Crippen LogP contribution in [0.1, 0.15) is 29.9 Å². The van der Waals surface area contributed by atoms with E-state index in [4.69, 9.17) is 23.8 Å². The molecule has 1 N–H and O–H groups in total. The Kier molecular flexibility index (Phi) is 7.18. The van der Waals surface area contributed by atoms with Crippen molar-refractivity contribution < 1.29 is 21.6 Å². The Labute approximate surface area is 206 Å². The summed E-state index contributed by atoms with van der Waals surface area (Å²) >= 11 is 11.4. The zero-order valence-corrected chi connectivity index (χ0v) is 20.3. The van der Waals surface area contributed by atoms with E-state index < -0.39 is 22.3 Å². The van der Waals surface area contributed by atoms with Crippen molar-refractivity contribution in [3.8, 4) is 0 Å². The minimum absolute atomic E-state index is 0.136. The molecule has 0 aromatic heterocycles. The maximum Gasteiger partial charge on any atom is 0.391 e. The lowest BCUT2D eigenvalue weighted by Gasteiger charge is -2.32. The monoisotopic (exact) mass is 530 g/mol. The number of nitrogens with zero attached hydrogens (tertiary/aromatic N) is 3. The topological polar surface area (TPSA) is 65.0 Å². The van der Waals surface area contributed by atoms with Crippen molar-refractivity contribution in [2.45, 2.75) is 24.9 Å². The van der Waals surface area contributed by atoms with Crippen LogP contribution in [0, 0.1) is 5.92 Å². The largest absolute Gasteiger partial charge is 0.391 e. The van der Waals surface area contributed by atoms with Crippen LogP contribution in [0.4, 0.5) is 13.2 Å². The molecule has 0 spiro atoms. The van der Waals surface area contributed by atoms with Crippen molar-refractivity contribution in [3.05, 3.63) is 70.7 Å². The average molecular weight is 531 g/mol. The van der Waals surface area contributed by atoms with E-state index in [1.807, 2.05) is 42.5 Å². The summed E-state index contributed by atoms with van der Waals surface area (Å²) in [5.41, 5.74) is 2.51. The first-order valence-electron chi connectivity index (χ1n) is 10.6. The molecule has 0 aliphatic carbocycles. The fourth-order valence-electron chi connectivity index (χ4n) is 4.11. The van der Waals surface area contributed by atoms with Crippen LogP contribution < -0.4 is 4.72 Å². The van der Waals surface area contributed by atoms with Gasteiger partial charge in [0, 0.05) is 24.0 Å². The van der Waals surface area contributed by atoms with Crippen LogP contribution in [0.2, 0.25) is 5.02 Å². The average Bonchev–Trinajstić information content (AvgIpc) is 3.25. The van der Waals surface area contributed by atoms with Crippen molar-refractivity contribution in [3.63, 3.8) is 0 Å². The first-order chi connectivity index (χ1) is 16.0. The predicted octanol–water partition coefficient (Wildman–Crippen LogP) is 4.54. The van der Waals surface area contributed by atoms with Gasteiger partial charge in [0.2, 0.25) is 5.11 Å². The Hall–Kier alpha value is -2.21. The standard InChI is InChI=1S/C22H22ClF3N4O2S2/c23-18-8-6-16(7-9-18)20-19(15-4-2-1-3-5-15)14-30(27-20)21(33)28-34(31,32)29-12-10-17(11-13-29)22(24,25)26/h1-9,17,19H,10-14H2,(H,28,33). The highest BCUT2D eigenvalue weighted by Gasteiger charge is 2.43. The molecule has 1 fully saturated rings. The molecule has 2 heterocycles. The molecule has 1 saturated heterocycles. The SMILES string of the molecule is O=S(=O)(NC(=S)N1CC(c2ccccc2)C(c2ccc(Cl)cc2)=N1)N1CCC(C(F)(F)F)CC1. The van der Waals surface area contributed by atoms with Crippen LogP contribution in [0.5, 0.6) is 0 Å². The zero-order valence-electron chi connectivity index (χ0n) is 17.9. The van der Waals surface area contributed by atoms with Crippen LogP contribution in [0.3, 0.4) is 0 Å². The molecule has 0 amide bonds. The van der Waals surface area contributed by atoms with Crippen molar-refractivity contribution in [2.75, 3.05) is 19.6 Å². The second-order valence-electron chi connectivity index (χ2n) is 8.16. The minimum Gasteiger partial charge on any atom is -0.245 e. The second-order valence-corrected chi connectivity index (χ2v) is 10.7. The molecule has 6 nitrogen and oxygen atoms in total. The van der Waals surface area contributed by atoms with Gasteiger partial charge in [0.05, 0.1) is 18.2 Å². The van der Waals surface area contributed by atoms with E-state index in [0.717, 1.165) is 15.4 Å². The van der Waals surface area contributed by atoms with Crippen LogP contribution >= 0.6 is 23.8 Å². The normalized spacial score (nSPS) is 20.3. The Morgan fingerprint density at radius 1 is 1.06 bits per heavy atom. The molecule has 2 aromatic rings. The maximum atomic E-state index is 12.9. The third-order valence-electron chi connectivity index (χ3n) is 5.96. The molecule has 1 atom stereocenters. The smallest absolute Gasteiger partial charge is 0.245 e. The van der Waals surface area contributed by atoms with E-state index in [9.17, 15) is 21.6 Å². The molecule has 0 bridgehead atoms. The van der Waals surface area contributed by atoms with E-state index in [0.29, 0.717) is 17.3 Å². The van der Waals surface area contributed by atoms with Gasteiger partial charge in [0.25, 0.3) is 0 Å². The Morgan fingerprint density at radius 3 is 2.26 bits per heavy atom. The highest BCUT2D eigenvalue weighted by Crippen LogP contribution is 2.35. The van der Waals surface area contributed by atoms with E-state index in [-0.39, 0.29) is 37.0 Å². The van der Waals surface area contributed by atoms with Crippen molar-refractivity contribution in [2.24, 2.45) is 11.0 Å². The molecule has 34 heavy (non-hydrogen) atoms. The number of halogens is 4. The van der Waals surface area contributed by atoms with Gasteiger partial charge in [-0.2, -0.15) is 31.0 Å². The lowest BCUT2D eigenvalue weighted by Crippen LogP contribution is -2.50. The van der Waals surface area contributed by atoms with Crippen LogP contribution in [-0.4, -0.2) is 54.4 Å². The Balaban J connectivity index is 1.51. The molecular weight excluding hydrogens is 509 g/mol. The molecule has 2 aliphatic heterocycles. The van der Waals surface area contributed by atoms with Crippen molar-refractivity contribution in [1.29, 1.82) is 0 Å². The number of thiocarbonyl (C=S) groups is 1. The first kappa shape index (κ1) is 24.9. The summed E-state index contributed by atoms with van der Waals surface area (Å²) in [5.74, 6) is -1.67. The molecule has 1 unspecified atom stereocenters. The molecule has 4 rings (SSSR count). The number of hydrogen-bond donors (Lipinski definition) is 1. The highest BCUT2D eigenvalue weighted by atomic mass is 35.5. The van der Waals surface area contributed by atoms with Gasteiger partial charge in [0.15, 0.2) is 0 Å². The van der Waals surface area contributed by atoms with Gasteiger partial charge in [-0.1, -0.05) is 54.1 Å². The molecule has 2 aromatic carbocycles. The summed E-state index contributed by atoms with van der Waals surface area (Å²) in [6.07, 6.45) is -4.89. The molecule has 0 radical (unpaired) electrons. The van der Waals surface area contributed by atoms with Gasteiger partial charge in [-0.25, -0.2) is 9.73 Å². The highest BCUT2D eigenvalue weighted by molar-refractivity contribution is 7.89. The Bertz CT molecular complexity index is 1170. The van der Waals surface area contributed by atoms with Crippen LogP contribution in [0.25, 0.3) is 0 Å². The van der Waals surface area contributed by atoms with Crippen LogP contribution in [-0.2, 0) is 10.2 Å². The van der Waals surface area contributed by atoms with E-state index >= 15 is 0 Å². The lowest BCUT2D eigenvalue weighted by molar-refractivity contribution is -0.182. The summed E-state index contributed by atoms with van der Waals surface area (Å²) < 4.78 is 67.7. The van der Waals surface area contributed by atoms with Gasteiger partial charge >= 0.3 is 16.4 Å². The predicted molar refractivity (Wildman–Crippen MR) is 129 cm³/mol. The molecular formula is C22H22ClF3N4O2S2. The van der Waals surface area contributed by atoms with Gasteiger partial charge in [-0.15, -0.1) is 0 Å². The zero-order chi connectivity index (χ0) is 24.5. The number of hydrazone groups is 1. The summed E-state index contributed by atoms with van der Waals surface area (Å²) in [7, 11) is -4.11. The van der Waals surface area contributed by atoms with E-state index in [1.165, 1.54) is 5.01 Å². The van der Waals surface area contributed by atoms with E-state index in [1.54, 1.807) is 12.1 Å². The fourth-order valence-corrected chi connectivity index (χ4v) is 5.81. The summed E-state index contributed by atoms with van der Waals surface area (Å²) in [4.78, 5) is 0. The van der Waals surface area contributed by atoms with Gasteiger partial charge in [-0.3, -0.25) is 0 Å². The number of rotatable bonds is 4. The van der Waals surface area contributed by atoms with Gasteiger partial charge in [0.1, 0.15) is 0 Å². The van der Waals surface area contributed by atoms with Crippen LogP contribution in [0.15, 0.2) is 59.7 Å². The summed E-state index contributed by atoms with van der Waals surface area (Å²) in [6.45, 7) is -0.151. The fraction of sp³-hybridized carbons (Fsp3) is 0.364. The van der Waals surface area contributed by atoms with Crippen molar-refractivity contribution in [1.82, 2.24) is 14.0 Å². The number of piperidine rings is 1. The summed E-state index contributed by atoms with van der Waals surface area (Å²) in [5, 5.41) is 6.43. The third-order valence-corrected chi connectivity index (χ3v) is 8.15. The molecule has 12 heteroatoms. The Morgan fingerprint density at radius 2 is 1.68 bits per heavy atom. The number of alkyl halides is 3. The minimum atomic E-state index is -4.33. The molecule has 182 valence electrons.